The Morgan fingerprint density at radius 2 is 1.86 bits per heavy atom. The summed E-state index contributed by atoms with van der Waals surface area (Å²) in [6.07, 6.45) is 0. The minimum absolute atomic E-state index is 0.122. The number of aryl methyl sites for hydroxylation is 2. The Bertz CT molecular complexity index is 909. The number of phenolic OH excluding ortho intramolecular Hbond substituents is 1. The summed E-state index contributed by atoms with van der Waals surface area (Å²) in [5, 5.41) is 29.5. The molecule has 5 nitrogen and oxygen atoms in total. The topological polar surface area (TPSA) is 82.7 Å². The third-order valence-electron chi connectivity index (χ3n) is 3.92. The molecule has 1 aromatic heterocycles. The number of rotatable bonds is 2. The SMILES string of the molecule is Cc1c(-c2cccc(O)c2)n(C)c2cc(O)c(C(=O)O)cc12. The average molecular weight is 297 g/mol. The minimum atomic E-state index is -1.17. The summed E-state index contributed by atoms with van der Waals surface area (Å²) in [4.78, 5) is 11.2. The summed E-state index contributed by atoms with van der Waals surface area (Å²) in [6.45, 7) is 1.89. The van der Waals surface area contributed by atoms with E-state index in [1.165, 1.54) is 12.1 Å². The van der Waals surface area contributed by atoms with Crippen molar-refractivity contribution in [3.05, 3.63) is 47.5 Å². The Hall–Kier alpha value is -2.95. The Morgan fingerprint density at radius 3 is 2.50 bits per heavy atom. The molecule has 0 radical (unpaired) electrons. The fraction of sp³-hybridized carbons (Fsp3) is 0.118. The number of fused-ring (bicyclic) bond motifs is 1. The quantitative estimate of drug-likeness (QED) is 0.678. The van der Waals surface area contributed by atoms with Crippen LogP contribution in [-0.2, 0) is 7.05 Å². The van der Waals surface area contributed by atoms with Gasteiger partial charge >= 0.3 is 5.97 Å². The number of hydrogen-bond acceptors (Lipinski definition) is 3. The van der Waals surface area contributed by atoms with Gasteiger partial charge in [0.1, 0.15) is 17.1 Å². The van der Waals surface area contributed by atoms with Crippen LogP contribution in [0.1, 0.15) is 15.9 Å². The Balaban J connectivity index is 2.36. The zero-order chi connectivity index (χ0) is 16.0. The Morgan fingerprint density at radius 1 is 1.14 bits per heavy atom. The van der Waals surface area contributed by atoms with Gasteiger partial charge in [0.05, 0.1) is 11.2 Å². The number of hydrogen-bond donors (Lipinski definition) is 3. The molecule has 0 amide bonds. The van der Waals surface area contributed by atoms with E-state index in [1.807, 2.05) is 24.6 Å². The van der Waals surface area contributed by atoms with Crippen molar-refractivity contribution in [2.45, 2.75) is 6.92 Å². The van der Waals surface area contributed by atoms with Crippen LogP contribution in [0, 0.1) is 6.92 Å². The fourth-order valence-electron chi connectivity index (χ4n) is 2.89. The average Bonchev–Trinajstić information content (AvgIpc) is 2.69. The molecule has 0 aliphatic carbocycles. The third-order valence-corrected chi connectivity index (χ3v) is 3.92. The van der Waals surface area contributed by atoms with Crippen LogP contribution in [0.15, 0.2) is 36.4 Å². The number of carbonyl (C=O) groups is 1. The molecule has 0 atom stereocenters. The van der Waals surface area contributed by atoms with Gasteiger partial charge in [0.2, 0.25) is 0 Å². The van der Waals surface area contributed by atoms with Crippen molar-refractivity contribution >= 4 is 16.9 Å². The minimum Gasteiger partial charge on any atom is -0.508 e. The van der Waals surface area contributed by atoms with Gasteiger partial charge in [0.15, 0.2) is 0 Å². The van der Waals surface area contributed by atoms with Crippen LogP contribution >= 0.6 is 0 Å². The van der Waals surface area contributed by atoms with Crippen molar-refractivity contribution in [3.63, 3.8) is 0 Å². The molecule has 0 unspecified atom stereocenters. The molecule has 0 spiro atoms. The lowest BCUT2D eigenvalue weighted by atomic mass is 10.0. The number of phenols is 2. The smallest absolute Gasteiger partial charge is 0.339 e. The lowest BCUT2D eigenvalue weighted by molar-refractivity contribution is 0.0694. The van der Waals surface area contributed by atoms with Gasteiger partial charge in [-0.2, -0.15) is 0 Å². The zero-order valence-electron chi connectivity index (χ0n) is 12.2. The van der Waals surface area contributed by atoms with Gasteiger partial charge in [-0.1, -0.05) is 12.1 Å². The number of benzene rings is 2. The first kappa shape index (κ1) is 14.0. The van der Waals surface area contributed by atoms with Crippen molar-refractivity contribution < 1.29 is 20.1 Å². The Kier molecular flexibility index (Phi) is 3.06. The molecule has 22 heavy (non-hydrogen) atoms. The number of carboxylic acids is 1. The van der Waals surface area contributed by atoms with Crippen LogP contribution in [0.25, 0.3) is 22.2 Å². The summed E-state index contributed by atoms with van der Waals surface area (Å²) < 4.78 is 1.88. The molecule has 112 valence electrons. The van der Waals surface area contributed by atoms with Crippen LogP contribution in [0.4, 0.5) is 0 Å². The van der Waals surface area contributed by atoms with E-state index >= 15 is 0 Å². The van der Waals surface area contributed by atoms with Crippen molar-refractivity contribution in [1.29, 1.82) is 0 Å². The number of nitrogens with zero attached hydrogens (tertiary/aromatic N) is 1. The molecule has 3 aromatic rings. The molecule has 0 bridgehead atoms. The molecule has 0 fully saturated rings. The van der Waals surface area contributed by atoms with Crippen LogP contribution < -0.4 is 0 Å². The van der Waals surface area contributed by atoms with Crippen molar-refractivity contribution in [1.82, 2.24) is 4.57 Å². The second-order valence-corrected chi connectivity index (χ2v) is 5.27. The van der Waals surface area contributed by atoms with Gasteiger partial charge in [-0.3, -0.25) is 0 Å². The monoisotopic (exact) mass is 297 g/mol. The highest BCUT2D eigenvalue weighted by atomic mass is 16.4. The lowest BCUT2D eigenvalue weighted by Gasteiger charge is -2.06. The summed E-state index contributed by atoms with van der Waals surface area (Å²) in [5.74, 6) is -1.26. The zero-order valence-corrected chi connectivity index (χ0v) is 12.2. The van der Waals surface area contributed by atoms with Crippen LogP contribution in [0.5, 0.6) is 11.5 Å². The number of aromatic hydroxyl groups is 2. The molecule has 0 aliphatic rings. The highest BCUT2D eigenvalue weighted by Crippen LogP contribution is 2.36. The largest absolute Gasteiger partial charge is 0.508 e. The molecule has 2 aromatic carbocycles. The molecule has 5 heteroatoms. The summed E-state index contributed by atoms with van der Waals surface area (Å²) in [5.41, 5.74) is 3.20. The molecule has 0 saturated carbocycles. The van der Waals surface area contributed by atoms with Crippen molar-refractivity contribution in [2.24, 2.45) is 7.05 Å². The van der Waals surface area contributed by atoms with E-state index in [0.29, 0.717) is 0 Å². The van der Waals surface area contributed by atoms with Crippen LogP contribution in [0.2, 0.25) is 0 Å². The second kappa shape index (κ2) is 4.80. The number of carboxylic acid groups (broad SMARTS) is 1. The van der Waals surface area contributed by atoms with Crippen molar-refractivity contribution in [2.75, 3.05) is 0 Å². The van der Waals surface area contributed by atoms with E-state index < -0.39 is 5.97 Å². The highest BCUT2D eigenvalue weighted by Gasteiger charge is 2.18. The van der Waals surface area contributed by atoms with Gasteiger partial charge in [-0.05, 0) is 30.7 Å². The molecule has 3 rings (SSSR count). The summed E-state index contributed by atoms with van der Waals surface area (Å²) in [7, 11) is 1.84. The third kappa shape index (κ3) is 1.98. The number of aromatic carboxylic acids is 1. The maximum absolute atomic E-state index is 11.2. The van der Waals surface area contributed by atoms with E-state index in [0.717, 1.165) is 27.7 Å². The fourth-order valence-corrected chi connectivity index (χ4v) is 2.89. The van der Waals surface area contributed by atoms with E-state index in [2.05, 4.69) is 0 Å². The highest BCUT2D eigenvalue weighted by molar-refractivity contribution is 6.00. The lowest BCUT2D eigenvalue weighted by Crippen LogP contribution is -1.97. The molecule has 3 N–H and O–H groups in total. The second-order valence-electron chi connectivity index (χ2n) is 5.27. The first-order chi connectivity index (χ1) is 10.4. The van der Waals surface area contributed by atoms with E-state index in [9.17, 15) is 15.0 Å². The molecule has 0 saturated heterocycles. The Labute approximate surface area is 126 Å². The van der Waals surface area contributed by atoms with Gasteiger partial charge in [0.25, 0.3) is 0 Å². The first-order valence-electron chi connectivity index (χ1n) is 6.75. The van der Waals surface area contributed by atoms with Gasteiger partial charge in [0, 0.05) is 24.1 Å². The summed E-state index contributed by atoms with van der Waals surface area (Å²) in [6, 6.07) is 9.81. The first-order valence-corrected chi connectivity index (χ1v) is 6.75. The van der Waals surface area contributed by atoms with Gasteiger partial charge < -0.3 is 19.9 Å². The maximum atomic E-state index is 11.2. The van der Waals surface area contributed by atoms with Gasteiger partial charge in [-0.15, -0.1) is 0 Å². The van der Waals surface area contributed by atoms with E-state index in [-0.39, 0.29) is 17.1 Å². The van der Waals surface area contributed by atoms with E-state index in [1.54, 1.807) is 18.2 Å². The normalized spacial score (nSPS) is 11.0. The standard InChI is InChI=1S/C17H15NO4/c1-9-12-7-13(17(21)22)15(20)8-14(12)18(2)16(9)10-4-3-5-11(19)6-10/h3-8,19-20H,1-2H3,(H,21,22). The molecule has 1 heterocycles. The van der Waals surface area contributed by atoms with Gasteiger partial charge in [-0.25, -0.2) is 4.79 Å². The predicted molar refractivity (Wildman–Crippen MR) is 83.4 cm³/mol. The van der Waals surface area contributed by atoms with E-state index in [4.69, 9.17) is 5.11 Å². The van der Waals surface area contributed by atoms with Crippen LogP contribution in [0.3, 0.4) is 0 Å². The van der Waals surface area contributed by atoms with Crippen molar-refractivity contribution in [3.8, 4) is 22.8 Å². The van der Waals surface area contributed by atoms with Crippen LogP contribution in [-0.4, -0.2) is 25.9 Å². The summed E-state index contributed by atoms with van der Waals surface area (Å²) >= 11 is 0. The number of aromatic nitrogens is 1. The molecule has 0 aliphatic heterocycles. The predicted octanol–water partition coefficient (Wildman–Crippen LogP) is 3.26. The molecular formula is C17H15NO4. The molecular weight excluding hydrogens is 282 g/mol. The maximum Gasteiger partial charge on any atom is 0.339 e.